The van der Waals surface area contributed by atoms with E-state index in [2.05, 4.69) is 4.98 Å². The number of aromatic nitrogens is 1. The molecule has 0 unspecified atom stereocenters. The summed E-state index contributed by atoms with van der Waals surface area (Å²) in [5.41, 5.74) is 0.0944. The minimum absolute atomic E-state index is 0.155. The van der Waals surface area contributed by atoms with Gasteiger partial charge in [-0.3, -0.25) is 4.98 Å². The normalized spacial score (nSPS) is 21.7. The molecule has 1 N–H and O–H groups in total. The van der Waals surface area contributed by atoms with Crippen LogP contribution in [-0.4, -0.2) is 28.4 Å². The molecule has 1 fully saturated rings. The van der Waals surface area contributed by atoms with E-state index in [1.165, 1.54) is 6.20 Å². The van der Waals surface area contributed by atoms with E-state index < -0.39 is 0 Å². The van der Waals surface area contributed by atoms with Crippen molar-refractivity contribution in [3.05, 3.63) is 30.0 Å². The van der Waals surface area contributed by atoms with Crippen LogP contribution in [0.5, 0.6) is 5.75 Å². The van der Waals surface area contributed by atoms with Crippen molar-refractivity contribution in [2.24, 2.45) is 0 Å². The SMILES string of the molecule is CC1(C)OB(/C=C/c2ccc(O)cn2)OC1(C)C. The van der Waals surface area contributed by atoms with Crippen molar-refractivity contribution in [3.63, 3.8) is 0 Å². The van der Waals surface area contributed by atoms with E-state index >= 15 is 0 Å². The average molecular weight is 247 g/mol. The van der Waals surface area contributed by atoms with Gasteiger partial charge in [-0.05, 0) is 45.9 Å². The summed E-state index contributed by atoms with van der Waals surface area (Å²) in [7, 11) is -0.370. The Labute approximate surface area is 108 Å². The molecule has 1 aromatic heterocycles. The van der Waals surface area contributed by atoms with Gasteiger partial charge in [0.1, 0.15) is 5.75 Å². The molecule has 1 aliphatic rings. The molecule has 0 spiro atoms. The van der Waals surface area contributed by atoms with Crippen LogP contribution in [0.1, 0.15) is 33.4 Å². The molecule has 0 radical (unpaired) electrons. The van der Waals surface area contributed by atoms with Crippen LogP contribution in [0.3, 0.4) is 0 Å². The van der Waals surface area contributed by atoms with Crippen LogP contribution in [0.15, 0.2) is 24.3 Å². The second-order valence-corrected chi connectivity index (χ2v) is 5.43. The summed E-state index contributed by atoms with van der Waals surface area (Å²) >= 11 is 0. The summed E-state index contributed by atoms with van der Waals surface area (Å²) in [6.45, 7) is 8.05. The summed E-state index contributed by atoms with van der Waals surface area (Å²) in [5, 5.41) is 9.14. The highest BCUT2D eigenvalue weighted by Gasteiger charge is 2.49. The van der Waals surface area contributed by atoms with Crippen LogP contribution >= 0.6 is 0 Å². The quantitative estimate of drug-likeness (QED) is 0.815. The van der Waals surface area contributed by atoms with E-state index in [0.29, 0.717) is 0 Å². The molecule has 5 heteroatoms. The molecule has 0 atom stereocenters. The maximum absolute atomic E-state index is 9.14. The Balaban J connectivity index is 2.06. The predicted octanol–water partition coefficient (Wildman–Crippen LogP) is 2.43. The molecule has 2 heterocycles. The van der Waals surface area contributed by atoms with Crippen LogP contribution in [0, 0.1) is 0 Å². The largest absolute Gasteiger partial charge is 0.506 e. The maximum Gasteiger partial charge on any atom is 0.487 e. The smallest absolute Gasteiger partial charge is 0.487 e. The van der Waals surface area contributed by atoms with Gasteiger partial charge in [0.2, 0.25) is 0 Å². The van der Waals surface area contributed by atoms with Gasteiger partial charge in [-0.15, -0.1) is 0 Å². The van der Waals surface area contributed by atoms with E-state index in [-0.39, 0.29) is 24.1 Å². The van der Waals surface area contributed by atoms with E-state index in [0.717, 1.165) is 5.69 Å². The summed E-state index contributed by atoms with van der Waals surface area (Å²) in [6, 6.07) is 3.33. The van der Waals surface area contributed by atoms with Crippen molar-refractivity contribution < 1.29 is 14.4 Å². The van der Waals surface area contributed by atoms with E-state index in [1.54, 1.807) is 12.1 Å². The van der Waals surface area contributed by atoms with Crippen LogP contribution in [0.25, 0.3) is 6.08 Å². The Kier molecular flexibility index (Phi) is 3.21. The Morgan fingerprint density at radius 1 is 1.17 bits per heavy atom. The third kappa shape index (κ3) is 2.57. The van der Waals surface area contributed by atoms with Crippen LogP contribution in [0.2, 0.25) is 0 Å². The first-order valence-corrected chi connectivity index (χ1v) is 5.99. The standard InChI is InChI=1S/C13H18BNO3/c1-12(2)13(3,4)18-14(17-12)8-7-10-5-6-11(16)9-15-10/h5-9,16H,1-4H3/b8-7+. The lowest BCUT2D eigenvalue weighted by atomic mass is 9.89. The average Bonchev–Trinajstić information content (AvgIpc) is 2.47. The van der Waals surface area contributed by atoms with Crippen LogP contribution < -0.4 is 0 Å². The van der Waals surface area contributed by atoms with Gasteiger partial charge in [-0.1, -0.05) is 5.98 Å². The first-order chi connectivity index (χ1) is 8.30. The number of aromatic hydroxyl groups is 1. The molecule has 1 aliphatic heterocycles. The zero-order valence-electron chi connectivity index (χ0n) is 11.2. The third-order valence-corrected chi connectivity index (χ3v) is 3.47. The highest BCUT2D eigenvalue weighted by atomic mass is 16.7. The van der Waals surface area contributed by atoms with Crippen molar-refractivity contribution in [1.29, 1.82) is 0 Å². The molecule has 18 heavy (non-hydrogen) atoms. The maximum atomic E-state index is 9.14. The fourth-order valence-corrected chi connectivity index (χ4v) is 1.64. The number of rotatable bonds is 2. The monoisotopic (exact) mass is 247 g/mol. The Hall–Kier alpha value is -1.33. The van der Waals surface area contributed by atoms with Gasteiger partial charge in [-0.2, -0.15) is 0 Å². The van der Waals surface area contributed by atoms with Crippen molar-refractivity contribution in [1.82, 2.24) is 4.98 Å². The molecule has 0 aliphatic carbocycles. The topological polar surface area (TPSA) is 51.6 Å². The summed E-state index contributed by atoms with van der Waals surface area (Å²) < 4.78 is 11.6. The highest BCUT2D eigenvalue weighted by Crippen LogP contribution is 2.36. The molecule has 0 aromatic carbocycles. The Bertz CT molecular complexity index is 438. The Morgan fingerprint density at radius 2 is 1.78 bits per heavy atom. The van der Waals surface area contributed by atoms with Gasteiger partial charge in [0.05, 0.1) is 23.1 Å². The minimum atomic E-state index is -0.370. The summed E-state index contributed by atoms with van der Waals surface area (Å²) in [6.07, 6.45) is 3.23. The molecule has 0 bridgehead atoms. The summed E-state index contributed by atoms with van der Waals surface area (Å²) in [5.74, 6) is 1.98. The number of pyridine rings is 1. The van der Waals surface area contributed by atoms with Crippen molar-refractivity contribution in [2.45, 2.75) is 38.9 Å². The van der Waals surface area contributed by atoms with E-state index in [4.69, 9.17) is 14.4 Å². The van der Waals surface area contributed by atoms with Crippen molar-refractivity contribution in [2.75, 3.05) is 0 Å². The molecule has 1 aromatic rings. The second-order valence-electron chi connectivity index (χ2n) is 5.43. The molecule has 0 amide bonds. The third-order valence-electron chi connectivity index (χ3n) is 3.47. The fourth-order valence-electron chi connectivity index (χ4n) is 1.64. The first kappa shape index (κ1) is 13.1. The molecule has 0 saturated carbocycles. The molecular weight excluding hydrogens is 229 g/mol. The molecule has 1 saturated heterocycles. The number of nitrogens with zero attached hydrogens (tertiary/aromatic N) is 1. The van der Waals surface area contributed by atoms with Gasteiger partial charge in [0.15, 0.2) is 0 Å². The van der Waals surface area contributed by atoms with E-state index in [9.17, 15) is 0 Å². The van der Waals surface area contributed by atoms with Crippen LogP contribution in [-0.2, 0) is 9.31 Å². The number of hydrogen-bond donors (Lipinski definition) is 1. The van der Waals surface area contributed by atoms with Crippen LogP contribution in [0.4, 0.5) is 0 Å². The molecule has 2 rings (SSSR count). The lowest BCUT2D eigenvalue weighted by molar-refractivity contribution is 0.00578. The summed E-state index contributed by atoms with van der Waals surface area (Å²) in [4.78, 5) is 4.06. The molecule has 4 nitrogen and oxygen atoms in total. The lowest BCUT2D eigenvalue weighted by Gasteiger charge is -2.32. The zero-order valence-corrected chi connectivity index (χ0v) is 11.2. The molecular formula is C13H18BNO3. The van der Waals surface area contributed by atoms with Gasteiger partial charge in [-0.25, -0.2) is 0 Å². The van der Waals surface area contributed by atoms with Crippen molar-refractivity contribution in [3.8, 4) is 5.75 Å². The minimum Gasteiger partial charge on any atom is -0.506 e. The molecule has 96 valence electrons. The van der Waals surface area contributed by atoms with Gasteiger partial charge in [0.25, 0.3) is 0 Å². The van der Waals surface area contributed by atoms with Gasteiger partial charge >= 0.3 is 7.12 Å². The lowest BCUT2D eigenvalue weighted by Crippen LogP contribution is -2.41. The highest BCUT2D eigenvalue weighted by molar-refractivity contribution is 6.52. The fraction of sp³-hybridized carbons (Fsp3) is 0.462. The second kappa shape index (κ2) is 4.41. The zero-order chi connectivity index (χ0) is 13.4. The number of hydrogen-bond acceptors (Lipinski definition) is 4. The first-order valence-electron chi connectivity index (χ1n) is 5.99. The van der Waals surface area contributed by atoms with Gasteiger partial charge < -0.3 is 14.4 Å². The predicted molar refractivity (Wildman–Crippen MR) is 71.0 cm³/mol. The Morgan fingerprint density at radius 3 is 2.28 bits per heavy atom. The van der Waals surface area contributed by atoms with Gasteiger partial charge in [0, 0.05) is 0 Å². The van der Waals surface area contributed by atoms with Crippen molar-refractivity contribution >= 4 is 13.2 Å². The van der Waals surface area contributed by atoms with E-state index in [1.807, 2.05) is 39.7 Å².